The summed E-state index contributed by atoms with van der Waals surface area (Å²) in [6.07, 6.45) is 1.14. The number of nitrogens with one attached hydrogen (secondary N) is 2. The number of halogens is 1. The summed E-state index contributed by atoms with van der Waals surface area (Å²) in [5.74, 6) is 0.107. The van der Waals surface area contributed by atoms with E-state index in [1.807, 2.05) is 32.4 Å². The van der Waals surface area contributed by atoms with Gasteiger partial charge in [-0.3, -0.25) is 0 Å². The number of hydrogen-bond donors (Lipinski definition) is 3. The molecule has 0 atom stereocenters. The van der Waals surface area contributed by atoms with E-state index in [0.717, 1.165) is 17.4 Å². The molecule has 0 aliphatic heterocycles. The number of rotatable bonds is 6. The molecular formula is C20H27ClN2NaO5S. The van der Waals surface area contributed by atoms with Crippen molar-refractivity contribution in [3.8, 4) is 0 Å². The number of anilines is 1. The van der Waals surface area contributed by atoms with Crippen LogP contribution in [0.25, 0.3) is 0 Å². The van der Waals surface area contributed by atoms with E-state index in [1.165, 1.54) is 19.9 Å². The van der Waals surface area contributed by atoms with Crippen LogP contribution in [0.5, 0.6) is 0 Å². The molecule has 0 saturated heterocycles. The van der Waals surface area contributed by atoms with Crippen LogP contribution in [0.2, 0.25) is 5.02 Å². The van der Waals surface area contributed by atoms with Crippen LogP contribution >= 0.6 is 11.6 Å². The molecule has 0 spiro atoms. The predicted molar refractivity (Wildman–Crippen MR) is 119 cm³/mol. The Hall–Kier alpha value is -1.03. The van der Waals surface area contributed by atoms with Gasteiger partial charge in [-0.15, -0.1) is 0 Å². The van der Waals surface area contributed by atoms with Gasteiger partial charge in [0.2, 0.25) is 5.09 Å². The van der Waals surface area contributed by atoms with Crippen molar-refractivity contribution in [3.05, 3.63) is 46.2 Å². The fourth-order valence-electron chi connectivity index (χ4n) is 2.79. The largest absolute Gasteiger partial charge is 0.451 e. The Bertz CT molecular complexity index is 981. The Morgan fingerprint density at radius 2 is 1.60 bits per heavy atom. The average molecular weight is 466 g/mol. The molecule has 0 aliphatic carbocycles. The minimum absolute atomic E-state index is 0. The van der Waals surface area contributed by atoms with Gasteiger partial charge >= 0.3 is 6.03 Å². The molecule has 0 saturated carbocycles. The Morgan fingerprint density at radius 1 is 1.10 bits per heavy atom. The minimum Gasteiger partial charge on any atom is -0.451 e. The predicted octanol–water partition coefficient (Wildman–Crippen LogP) is 4.54. The third-order valence-electron chi connectivity index (χ3n) is 4.42. The summed E-state index contributed by atoms with van der Waals surface area (Å²) in [6, 6.07) is 3.77. The van der Waals surface area contributed by atoms with E-state index in [4.69, 9.17) is 16.0 Å². The molecule has 7 nitrogen and oxygen atoms in total. The number of furan rings is 1. The molecule has 0 unspecified atom stereocenters. The summed E-state index contributed by atoms with van der Waals surface area (Å²) in [6.45, 7) is 10.8. The maximum atomic E-state index is 12.5. The van der Waals surface area contributed by atoms with E-state index < -0.39 is 26.7 Å². The number of carbonyl (C=O) groups is 1. The van der Waals surface area contributed by atoms with E-state index in [0.29, 0.717) is 10.7 Å². The van der Waals surface area contributed by atoms with Crippen LogP contribution in [0.15, 0.2) is 34.0 Å². The molecule has 1 aromatic carbocycles. The summed E-state index contributed by atoms with van der Waals surface area (Å²) < 4.78 is 32.0. The van der Waals surface area contributed by atoms with Gasteiger partial charge in [0.05, 0.1) is 11.9 Å². The van der Waals surface area contributed by atoms with E-state index in [9.17, 15) is 18.3 Å². The number of urea groups is 1. The Morgan fingerprint density at radius 3 is 2.00 bits per heavy atom. The standard InChI is InChI=1S/C20H27ClN2O5S.Na/c1-11(2)15-8-14(21)9-16(12(3)4)18(15)22-19(24)23-29(26,27)17-7-13(10-28-17)20(5,6)25;/h7-12,25H,1-6H3,(H2,22,23,24);. The smallest absolute Gasteiger partial charge is 0.333 e. The van der Waals surface area contributed by atoms with Gasteiger partial charge in [0.15, 0.2) is 0 Å². The molecule has 2 amide bonds. The van der Waals surface area contributed by atoms with Gasteiger partial charge in [-0.2, -0.15) is 8.42 Å². The zero-order valence-electron chi connectivity index (χ0n) is 18.3. The van der Waals surface area contributed by atoms with Gasteiger partial charge in [-0.05, 0) is 48.9 Å². The zero-order valence-corrected chi connectivity index (χ0v) is 21.9. The number of sulfonamides is 1. The van der Waals surface area contributed by atoms with Crippen molar-refractivity contribution in [1.29, 1.82) is 0 Å². The number of hydrogen-bond acceptors (Lipinski definition) is 5. The SMILES string of the molecule is CC(C)c1cc(Cl)cc(C(C)C)c1NC(=O)NS(=O)(=O)c1cc(C(C)(C)O)co1.[Na]. The fraction of sp³-hybridized carbons (Fsp3) is 0.450. The van der Waals surface area contributed by atoms with Crippen LogP contribution in [0.4, 0.5) is 10.5 Å². The van der Waals surface area contributed by atoms with Crippen LogP contribution in [-0.4, -0.2) is 49.1 Å². The zero-order chi connectivity index (χ0) is 22.1. The topological polar surface area (TPSA) is 109 Å². The van der Waals surface area contributed by atoms with Gasteiger partial charge in [0, 0.05) is 51.9 Å². The second-order valence-corrected chi connectivity index (χ2v) is 10.1. The summed E-state index contributed by atoms with van der Waals surface area (Å²) >= 11 is 6.22. The van der Waals surface area contributed by atoms with Gasteiger partial charge in [0.1, 0.15) is 0 Å². The van der Waals surface area contributed by atoms with Crippen molar-refractivity contribution < 1.29 is 22.7 Å². The van der Waals surface area contributed by atoms with Crippen LogP contribution in [0.1, 0.15) is 70.1 Å². The fourth-order valence-corrected chi connectivity index (χ4v) is 3.88. The van der Waals surface area contributed by atoms with Crippen molar-refractivity contribution in [2.75, 3.05) is 5.32 Å². The van der Waals surface area contributed by atoms with Crippen LogP contribution in [0, 0.1) is 0 Å². The van der Waals surface area contributed by atoms with Crippen molar-refractivity contribution in [3.63, 3.8) is 0 Å². The number of carbonyl (C=O) groups excluding carboxylic acids is 1. The second kappa shape index (κ2) is 10.1. The van der Waals surface area contributed by atoms with Crippen LogP contribution in [0.3, 0.4) is 0 Å². The molecule has 10 heteroatoms. The first-order chi connectivity index (χ1) is 13.2. The molecule has 1 radical (unpaired) electrons. The molecule has 1 heterocycles. The first kappa shape index (κ1) is 27.0. The summed E-state index contributed by atoms with van der Waals surface area (Å²) in [7, 11) is -4.26. The Balaban J connectivity index is 0.00000450. The maximum Gasteiger partial charge on any atom is 0.333 e. The van der Waals surface area contributed by atoms with Crippen LogP contribution < -0.4 is 10.0 Å². The number of amides is 2. The first-order valence-corrected chi connectivity index (χ1v) is 11.1. The Kier molecular flexibility index (Phi) is 9.06. The minimum atomic E-state index is -4.26. The van der Waals surface area contributed by atoms with Crippen molar-refractivity contribution >= 4 is 62.9 Å². The summed E-state index contributed by atoms with van der Waals surface area (Å²) in [5.41, 5.74) is 1.14. The molecule has 30 heavy (non-hydrogen) atoms. The average Bonchev–Trinajstić information content (AvgIpc) is 3.06. The molecule has 0 bridgehead atoms. The van der Waals surface area contributed by atoms with Gasteiger partial charge in [0.25, 0.3) is 10.0 Å². The quantitative estimate of drug-likeness (QED) is 0.543. The molecule has 1 aromatic heterocycles. The van der Waals surface area contributed by atoms with E-state index in [-0.39, 0.29) is 47.0 Å². The monoisotopic (exact) mass is 465 g/mol. The third kappa shape index (κ3) is 6.48. The van der Waals surface area contributed by atoms with E-state index >= 15 is 0 Å². The molecule has 2 rings (SSSR count). The first-order valence-electron chi connectivity index (χ1n) is 9.21. The van der Waals surface area contributed by atoms with Gasteiger partial charge < -0.3 is 14.8 Å². The third-order valence-corrected chi connectivity index (χ3v) is 5.84. The van der Waals surface area contributed by atoms with Crippen molar-refractivity contribution in [2.24, 2.45) is 0 Å². The molecule has 161 valence electrons. The van der Waals surface area contributed by atoms with Gasteiger partial charge in [-0.1, -0.05) is 39.3 Å². The molecule has 0 aliphatic rings. The molecule has 3 N–H and O–H groups in total. The normalized spacial score (nSPS) is 12.1. The maximum absolute atomic E-state index is 12.5. The van der Waals surface area contributed by atoms with Gasteiger partial charge in [-0.25, -0.2) is 9.52 Å². The molecule has 0 fully saturated rings. The number of benzene rings is 1. The van der Waals surface area contributed by atoms with Crippen LogP contribution in [-0.2, 0) is 15.6 Å². The van der Waals surface area contributed by atoms with Crippen molar-refractivity contribution in [1.82, 2.24) is 4.72 Å². The summed E-state index contributed by atoms with van der Waals surface area (Å²) in [5, 5.41) is 12.7. The Labute approximate surface area is 204 Å². The van der Waals surface area contributed by atoms with E-state index in [2.05, 4.69) is 5.32 Å². The summed E-state index contributed by atoms with van der Waals surface area (Å²) in [4.78, 5) is 12.5. The van der Waals surface area contributed by atoms with E-state index in [1.54, 1.807) is 12.1 Å². The van der Waals surface area contributed by atoms with Crippen molar-refractivity contribution in [2.45, 2.75) is 64.1 Å². The molecule has 2 aromatic rings. The molecular weight excluding hydrogens is 439 g/mol. The second-order valence-electron chi connectivity index (χ2n) is 8.04. The number of aliphatic hydroxyl groups is 1.